The molecule has 0 radical (unpaired) electrons. The van der Waals surface area contributed by atoms with Crippen LogP contribution in [0.1, 0.15) is 60.0 Å². The van der Waals surface area contributed by atoms with Gasteiger partial charge in [-0.05, 0) is 80.5 Å². The molecule has 2 bridgehead atoms. The molecule has 2 fully saturated rings. The molecular formula is C19H27NO. The molecule has 0 N–H and O–H groups in total. The highest BCUT2D eigenvalue weighted by atomic mass is 16.5. The van der Waals surface area contributed by atoms with E-state index in [1.807, 2.05) is 0 Å². The van der Waals surface area contributed by atoms with Crippen LogP contribution in [0.4, 0.5) is 0 Å². The minimum Gasteiger partial charge on any atom is -0.497 e. The highest BCUT2D eigenvalue weighted by molar-refractivity contribution is 5.45. The summed E-state index contributed by atoms with van der Waals surface area (Å²) in [5.41, 5.74) is -2.80. The summed E-state index contributed by atoms with van der Waals surface area (Å²) in [5, 5.41) is 0. The van der Waals surface area contributed by atoms with Gasteiger partial charge in [0.2, 0.25) is 0 Å². The van der Waals surface area contributed by atoms with E-state index in [9.17, 15) is 1.37 Å². The molecule has 2 nitrogen and oxygen atoms in total. The Bertz CT molecular complexity index is 1020. The van der Waals surface area contributed by atoms with Gasteiger partial charge in [0.15, 0.2) is 0 Å². The first-order valence-electron chi connectivity index (χ1n) is 13.1. The summed E-state index contributed by atoms with van der Waals surface area (Å²) in [4.78, 5) is 0.927. The number of hydrogen-bond acceptors (Lipinski definition) is 2. The molecule has 21 heavy (non-hydrogen) atoms. The van der Waals surface area contributed by atoms with E-state index in [1.165, 1.54) is 20.2 Å². The van der Waals surface area contributed by atoms with Crippen molar-refractivity contribution >= 4 is 0 Å². The molecule has 114 valence electrons. The fraction of sp³-hybridized carbons (Fsp3) is 0.684. The molecule has 1 aliphatic heterocycles. The van der Waals surface area contributed by atoms with Gasteiger partial charge in [0.25, 0.3) is 0 Å². The van der Waals surface area contributed by atoms with Crippen molar-refractivity contribution < 1.29 is 21.2 Å². The number of rotatable bonds is 1. The summed E-state index contributed by atoms with van der Waals surface area (Å²) in [5.74, 6) is -5.42. The Morgan fingerprint density at radius 1 is 1.43 bits per heavy atom. The highest BCUT2D eigenvalue weighted by Gasteiger charge is 2.54. The molecule has 0 spiro atoms. The van der Waals surface area contributed by atoms with Gasteiger partial charge in [-0.2, -0.15) is 0 Å². The molecule has 0 aromatic heterocycles. The van der Waals surface area contributed by atoms with Crippen LogP contribution in [0.15, 0.2) is 18.2 Å². The van der Waals surface area contributed by atoms with Gasteiger partial charge >= 0.3 is 0 Å². The minimum absolute atomic E-state index is 0.106. The summed E-state index contributed by atoms with van der Waals surface area (Å²) >= 11 is 0. The number of methoxy groups -OCH3 is 1. The molecule has 1 unspecified atom stereocenters. The number of likely N-dealkylation sites (tertiary alicyclic amines) is 1. The second-order valence-corrected chi connectivity index (χ2v) is 5.75. The van der Waals surface area contributed by atoms with Gasteiger partial charge in [0.05, 0.1) is 7.11 Å². The van der Waals surface area contributed by atoms with Crippen LogP contribution >= 0.6 is 0 Å². The molecule has 1 heterocycles. The van der Waals surface area contributed by atoms with E-state index in [4.69, 9.17) is 19.8 Å². The van der Waals surface area contributed by atoms with Crippen LogP contribution < -0.4 is 4.74 Å². The molecule has 4 atom stereocenters. The van der Waals surface area contributed by atoms with Gasteiger partial charge in [0.1, 0.15) is 5.75 Å². The van der Waals surface area contributed by atoms with E-state index in [-0.39, 0.29) is 17.7 Å². The first-order valence-corrected chi connectivity index (χ1v) is 7.08. The van der Waals surface area contributed by atoms with E-state index < -0.39 is 55.2 Å². The second-order valence-electron chi connectivity index (χ2n) is 5.75. The van der Waals surface area contributed by atoms with Crippen LogP contribution in [0.3, 0.4) is 0 Å². The summed E-state index contributed by atoms with van der Waals surface area (Å²) in [7, 11) is 2.56. The molecule has 3 aliphatic rings. The predicted octanol–water partition coefficient (Wildman–Crippen LogP) is 3.63. The lowest BCUT2D eigenvalue weighted by Crippen LogP contribution is -2.60. The van der Waals surface area contributed by atoms with Crippen molar-refractivity contribution in [3.8, 4) is 5.75 Å². The fourth-order valence-corrected chi connectivity index (χ4v) is 3.39. The third-order valence-electron chi connectivity index (χ3n) is 4.52. The van der Waals surface area contributed by atoms with Gasteiger partial charge in [-0.25, -0.2) is 0 Å². The number of piperidine rings is 1. The summed E-state index contributed by atoms with van der Waals surface area (Å²) < 4.78 is 112. The lowest BCUT2D eigenvalue weighted by atomic mass is 9.51. The van der Waals surface area contributed by atoms with Crippen molar-refractivity contribution in [1.82, 2.24) is 4.90 Å². The van der Waals surface area contributed by atoms with Crippen LogP contribution in [-0.2, 0) is 11.8 Å². The largest absolute Gasteiger partial charge is 0.497 e. The van der Waals surface area contributed by atoms with Gasteiger partial charge in [-0.15, -0.1) is 0 Å². The molecular weight excluding hydrogens is 258 g/mol. The molecule has 2 aliphatic carbocycles. The Labute approximate surface area is 145 Å². The molecule has 1 saturated carbocycles. The normalized spacial score (nSPS) is 66.0. The van der Waals surface area contributed by atoms with Crippen LogP contribution in [0, 0.1) is 11.8 Å². The summed E-state index contributed by atoms with van der Waals surface area (Å²) in [6.45, 7) is -1.99. The third-order valence-corrected chi connectivity index (χ3v) is 4.52. The summed E-state index contributed by atoms with van der Waals surface area (Å²) in [6.07, 6.45) is -13.2. The molecule has 4 rings (SSSR count). The topological polar surface area (TPSA) is 12.5 Å². The standard InChI is InChI=1S/C19H27NO/c1-13-6-7-19-8-9-20(2)18(17(19)10-13)11-14-4-5-15(21-3)12-16(14)19/h4-5,12-13,17-18H,6-11H2,1-3H3/t13?,17-,18+,19-/m1/s1/i6D2,7D2,8D2,9D2,10D2,13D,17D. The average Bonchev–Trinajstić information content (AvgIpc) is 2.69. The molecule has 0 amide bonds. The fourth-order valence-electron chi connectivity index (χ4n) is 3.39. The Morgan fingerprint density at radius 2 is 2.29 bits per heavy atom. The minimum atomic E-state index is -3.37. The van der Waals surface area contributed by atoms with Crippen molar-refractivity contribution in [3.63, 3.8) is 0 Å². The van der Waals surface area contributed by atoms with E-state index in [1.54, 1.807) is 12.1 Å². The Kier molecular flexibility index (Phi) is 1.33. The zero-order valence-electron chi connectivity index (χ0n) is 24.4. The van der Waals surface area contributed by atoms with Crippen LogP contribution in [0.25, 0.3) is 0 Å². The Morgan fingerprint density at radius 3 is 3.10 bits per heavy atom. The molecule has 1 aromatic rings. The van der Waals surface area contributed by atoms with E-state index in [0.717, 1.165) is 11.8 Å². The van der Waals surface area contributed by atoms with Gasteiger partial charge in [0, 0.05) is 27.9 Å². The monoisotopic (exact) mass is 297 g/mol. The van der Waals surface area contributed by atoms with Crippen molar-refractivity contribution in [3.05, 3.63) is 29.3 Å². The smallest absolute Gasteiger partial charge is 0.119 e. The maximum atomic E-state index is 9.60. The predicted molar refractivity (Wildman–Crippen MR) is 85.9 cm³/mol. The van der Waals surface area contributed by atoms with Crippen LogP contribution in [-0.4, -0.2) is 31.6 Å². The molecule has 1 aromatic carbocycles. The van der Waals surface area contributed by atoms with Crippen molar-refractivity contribution in [2.45, 2.75) is 50.3 Å². The lowest BCUT2D eigenvalue weighted by molar-refractivity contribution is -0.0112. The SMILES string of the molecule is [2H]C1([2H])N(C)[C@H]2Cc3ccc(OC)cc3[C@]3(C1([2H])[2H])C([2H])([2H])C([2H])([2H])C([2H])(C)C([2H])([2H])[C@]23[2H]. The first kappa shape index (κ1) is 5.88. The van der Waals surface area contributed by atoms with Gasteiger partial charge in [-0.3, -0.25) is 0 Å². The Hall–Kier alpha value is -1.02. The number of benzene rings is 1. The van der Waals surface area contributed by atoms with E-state index in [2.05, 4.69) is 0 Å². The van der Waals surface area contributed by atoms with Crippen LogP contribution in [0.5, 0.6) is 5.75 Å². The summed E-state index contributed by atoms with van der Waals surface area (Å²) in [6, 6.07) is 2.99. The first-order chi connectivity index (χ1) is 14.7. The number of likely N-dealkylation sites (N-methyl/N-ethyl adjacent to an activating group) is 1. The van der Waals surface area contributed by atoms with Gasteiger partial charge in [-0.1, -0.05) is 13.0 Å². The van der Waals surface area contributed by atoms with Crippen molar-refractivity contribution in [2.75, 3.05) is 20.7 Å². The number of hydrogen-bond donors (Lipinski definition) is 0. The maximum Gasteiger partial charge on any atom is 0.119 e. The maximum absolute atomic E-state index is 9.60. The van der Waals surface area contributed by atoms with Crippen molar-refractivity contribution in [1.29, 1.82) is 0 Å². The quantitative estimate of drug-likeness (QED) is 0.785. The molecule has 1 saturated heterocycles. The van der Waals surface area contributed by atoms with Gasteiger partial charge < -0.3 is 9.64 Å². The van der Waals surface area contributed by atoms with Crippen LogP contribution in [0.2, 0.25) is 0 Å². The second kappa shape index (κ2) is 4.74. The average molecular weight is 298 g/mol. The molecule has 2 heteroatoms. The highest BCUT2D eigenvalue weighted by Crippen LogP contribution is 2.56. The number of ether oxygens (including phenoxy) is 1. The lowest BCUT2D eigenvalue weighted by Gasteiger charge is -2.59. The van der Waals surface area contributed by atoms with E-state index >= 15 is 0 Å². The number of nitrogens with zero attached hydrogens (tertiary/aromatic N) is 1. The Balaban J connectivity index is 2.33. The number of fused-ring (bicyclic) bond motifs is 1. The zero-order valence-corrected chi connectivity index (χ0v) is 12.4. The van der Waals surface area contributed by atoms with Crippen molar-refractivity contribution in [2.24, 2.45) is 11.8 Å². The van der Waals surface area contributed by atoms with E-state index in [0.29, 0.717) is 5.56 Å². The third kappa shape index (κ3) is 1.88. The zero-order chi connectivity index (χ0) is 25.4.